The lowest BCUT2D eigenvalue weighted by Crippen LogP contribution is -2.32. The van der Waals surface area contributed by atoms with Crippen LogP contribution in [0.5, 0.6) is 0 Å². The molecule has 9 nitrogen and oxygen atoms in total. The molecule has 164 valence electrons. The van der Waals surface area contributed by atoms with Crippen LogP contribution in [-0.4, -0.2) is 54.0 Å². The lowest BCUT2D eigenvalue weighted by molar-refractivity contribution is -0.131. The fourth-order valence-electron chi connectivity index (χ4n) is 3.92. The Hall–Kier alpha value is -3.33. The van der Waals surface area contributed by atoms with Crippen LogP contribution >= 0.6 is 11.6 Å². The molecular weight excluding hydrogens is 430 g/mol. The summed E-state index contributed by atoms with van der Waals surface area (Å²) in [6, 6.07) is 9.12. The zero-order valence-corrected chi connectivity index (χ0v) is 18.2. The van der Waals surface area contributed by atoms with E-state index in [-0.39, 0.29) is 5.91 Å². The van der Waals surface area contributed by atoms with Crippen LogP contribution in [0.15, 0.2) is 41.1 Å². The molecule has 0 unspecified atom stereocenters. The molecule has 0 spiro atoms. The third-order valence-corrected chi connectivity index (χ3v) is 5.89. The number of aromatic nitrogens is 6. The first-order valence-electron chi connectivity index (χ1n) is 10.7. The molecular formula is C22H22ClN7O2. The Morgan fingerprint density at radius 2 is 1.88 bits per heavy atom. The number of amides is 1. The average Bonchev–Trinajstić information content (AvgIpc) is 3.37. The normalized spacial score (nSPS) is 14.6. The van der Waals surface area contributed by atoms with Gasteiger partial charge in [0.05, 0.1) is 17.6 Å². The lowest BCUT2D eigenvalue weighted by atomic mass is 10.2. The molecule has 0 radical (unpaired) electrons. The maximum absolute atomic E-state index is 12.6. The van der Waals surface area contributed by atoms with E-state index < -0.39 is 0 Å². The van der Waals surface area contributed by atoms with E-state index in [4.69, 9.17) is 16.1 Å². The van der Waals surface area contributed by atoms with E-state index >= 15 is 0 Å². The highest BCUT2D eigenvalue weighted by molar-refractivity contribution is 6.29. The van der Waals surface area contributed by atoms with Crippen molar-refractivity contribution < 1.29 is 9.32 Å². The molecule has 0 saturated carbocycles. The molecule has 1 aliphatic rings. The van der Waals surface area contributed by atoms with Crippen LogP contribution in [0.4, 0.5) is 0 Å². The van der Waals surface area contributed by atoms with Gasteiger partial charge in [0, 0.05) is 31.3 Å². The number of carbonyl (C=O) groups is 1. The van der Waals surface area contributed by atoms with Crippen LogP contribution in [0.25, 0.3) is 33.9 Å². The Balaban J connectivity index is 1.30. The summed E-state index contributed by atoms with van der Waals surface area (Å²) in [7, 11) is 0. The van der Waals surface area contributed by atoms with Crippen LogP contribution < -0.4 is 0 Å². The number of nitrogens with zero attached hydrogens (tertiary/aromatic N) is 7. The number of rotatable bonds is 5. The second-order valence-corrected chi connectivity index (χ2v) is 8.24. The number of carbonyl (C=O) groups excluding carboxylic acids is 1. The minimum absolute atomic E-state index is 0.184. The van der Waals surface area contributed by atoms with E-state index in [2.05, 4.69) is 25.4 Å². The molecule has 1 amide bonds. The quantitative estimate of drug-likeness (QED) is 0.422. The van der Waals surface area contributed by atoms with Crippen molar-refractivity contribution in [3.63, 3.8) is 0 Å². The van der Waals surface area contributed by atoms with Gasteiger partial charge in [0.15, 0.2) is 0 Å². The van der Waals surface area contributed by atoms with Crippen LogP contribution in [-0.2, 0) is 11.3 Å². The molecule has 5 rings (SSSR count). The molecule has 0 N–H and O–H groups in total. The van der Waals surface area contributed by atoms with Crippen molar-refractivity contribution in [3.8, 4) is 22.8 Å². The van der Waals surface area contributed by atoms with Gasteiger partial charge in [-0.05, 0) is 43.2 Å². The van der Waals surface area contributed by atoms with Crippen LogP contribution in [0.2, 0.25) is 5.15 Å². The first kappa shape index (κ1) is 20.6. The summed E-state index contributed by atoms with van der Waals surface area (Å²) in [5, 5.41) is 13.0. The predicted octanol–water partition coefficient (Wildman–Crippen LogP) is 3.99. The minimum Gasteiger partial charge on any atom is -0.343 e. The maximum Gasteiger partial charge on any atom is 0.259 e. The number of hydrogen-bond acceptors (Lipinski definition) is 7. The molecule has 0 atom stereocenters. The molecule has 1 aliphatic heterocycles. The number of pyridine rings is 1. The fraction of sp³-hybridized carbons (Fsp3) is 0.364. The van der Waals surface area contributed by atoms with Gasteiger partial charge in [-0.15, -0.1) is 5.10 Å². The topological polar surface area (TPSA) is 103 Å². The SMILES string of the molecule is O=C(CCn1nnc2cc(-c3noc(-c4ccc(Cl)nc4)n3)ccc21)N1CCCCCC1. The van der Waals surface area contributed by atoms with E-state index in [0.717, 1.165) is 37.0 Å². The Labute approximate surface area is 189 Å². The number of likely N-dealkylation sites (tertiary alicyclic amines) is 1. The molecule has 32 heavy (non-hydrogen) atoms. The van der Waals surface area contributed by atoms with Gasteiger partial charge in [-0.3, -0.25) is 4.79 Å². The van der Waals surface area contributed by atoms with Crippen molar-refractivity contribution in [2.45, 2.75) is 38.6 Å². The lowest BCUT2D eigenvalue weighted by Gasteiger charge is -2.20. The van der Waals surface area contributed by atoms with E-state index in [9.17, 15) is 4.79 Å². The highest BCUT2D eigenvalue weighted by Crippen LogP contribution is 2.25. The summed E-state index contributed by atoms with van der Waals surface area (Å²) in [5.41, 5.74) is 3.03. The average molecular weight is 452 g/mol. The van der Waals surface area contributed by atoms with Gasteiger partial charge in [0.1, 0.15) is 10.7 Å². The molecule has 1 saturated heterocycles. The third-order valence-electron chi connectivity index (χ3n) is 5.67. The van der Waals surface area contributed by atoms with Crippen molar-refractivity contribution in [1.82, 2.24) is 35.0 Å². The summed E-state index contributed by atoms with van der Waals surface area (Å²) in [5.74, 6) is 0.992. The number of benzene rings is 1. The standard InChI is InChI=1S/C22H22ClN7O2/c23-19-8-6-16(14-24-19)22-25-21(27-32-22)15-5-7-18-17(13-15)26-28-30(18)12-9-20(31)29-10-3-1-2-4-11-29/h5-8,13-14H,1-4,9-12H2. The smallest absolute Gasteiger partial charge is 0.259 e. The Morgan fingerprint density at radius 1 is 1.06 bits per heavy atom. The molecule has 0 bridgehead atoms. The monoisotopic (exact) mass is 451 g/mol. The summed E-state index contributed by atoms with van der Waals surface area (Å²) in [6.07, 6.45) is 6.60. The van der Waals surface area contributed by atoms with Gasteiger partial charge in [-0.2, -0.15) is 4.98 Å². The largest absolute Gasteiger partial charge is 0.343 e. The van der Waals surface area contributed by atoms with Crippen LogP contribution in [0, 0.1) is 0 Å². The van der Waals surface area contributed by atoms with E-state index in [0.29, 0.717) is 40.9 Å². The van der Waals surface area contributed by atoms with Gasteiger partial charge in [0.2, 0.25) is 11.7 Å². The van der Waals surface area contributed by atoms with Crippen molar-refractivity contribution >= 4 is 28.5 Å². The first-order valence-corrected chi connectivity index (χ1v) is 11.1. The molecule has 1 fully saturated rings. The van der Waals surface area contributed by atoms with Crippen molar-refractivity contribution in [2.75, 3.05) is 13.1 Å². The number of hydrogen-bond donors (Lipinski definition) is 0. The molecule has 10 heteroatoms. The van der Waals surface area contributed by atoms with Crippen molar-refractivity contribution in [1.29, 1.82) is 0 Å². The number of halogens is 1. The summed E-state index contributed by atoms with van der Waals surface area (Å²) in [4.78, 5) is 23.0. The molecule has 0 aliphatic carbocycles. The Kier molecular flexibility index (Phi) is 5.81. The molecule has 4 heterocycles. The van der Waals surface area contributed by atoms with E-state index in [1.54, 1.807) is 23.0 Å². The van der Waals surface area contributed by atoms with Crippen LogP contribution in [0.3, 0.4) is 0 Å². The number of fused-ring (bicyclic) bond motifs is 1. The third kappa shape index (κ3) is 4.34. The fourth-order valence-corrected chi connectivity index (χ4v) is 4.03. The predicted molar refractivity (Wildman–Crippen MR) is 119 cm³/mol. The second-order valence-electron chi connectivity index (χ2n) is 7.85. The van der Waals surface area contributed by atoms with Gasteiger partial charge >= 0.3 is 0 Å². The molecule has 4 aromatic rings. The van der Waals surface area contributed by atoms with Gasteiger partial charge in [0.25, 0.3) is 5.89 Å². The van der Waals surface area contributed by atoms with Gasteiger partial charge < -0.3 is 9.42 Å². The van der Waals surface area contributed by atoms with Crippen molar-refractivity contribution in [3.05, 3.63) is 41.7 Å². The van der Waals surface area contributed by atoms with E-state index in [1.807, 2.05) is 23.1 Å². The summed E-state index contributed by atoms with van der Waals surface area (Å²) >= 11 is 5.83. The number of aryl methyl sites for hydroxylation is 1. The summed E-state index contributed by atoms with van der Waals surface area (Å²) < 4.78 is 7.14. The Morgan fingerprint density at radius 3 is 2.66 bits per heavy atom. The zero-order valence-electron chi connectivity index (χ0n) is 17.4. The van der Waals surface area contributed by atoms with Gasteiger partial charge in [-0.25, -0.2) is 9.67 Å². The van der Waals surface area contributed by atoms with Gasteiger partial charge in [-0.1, -0.05) is 34.8 Å². The first-order chi connectivity index (χ1) is 15.7. The Bertz CT molecular complexity index is 1230. The highest BCUT2D eigenvalue weighted by atomic mass is 35.5. The molecule has 1 aromatic carbocycles. The minimum atomic E-state index is 0.184. The van der Waals surface area contributed by atoms with Crippen molar-refractivity contribution in [2.24, 2.45) is 0 Å². The second kappa shape index (κ2) is 9.04. The highest BCUT2D eigenvalue weighted by Gasteiger charge is 2.17. The zero-order chi connectivity index (χ0) is 21.9. The molecule has 3 aromatic heterocycles. The summed E-state index contributed by atoms with van der Waals surface area (Å²) in [6.45, 7) is 2.22. The van der Waals surface area contributed by atoms with Crippen LogP contribution in [0.1, 0.15) is 32.1 Å². The maximum atomic E-state index is 12.6. The van der Waals surface area contributed by atoms with E-state index in [1.165, 1.54) is 12.8 Å².